The average molecular weight is 662 g/mol. The number of nitrogens with one attached hydrogen (secondary N) is 1. The second kappa shape index (κ2) is 12.5. The minimum atomic E-state index is -0.257. The molecule has 1 N–H and O–H groups in total. The Morgan fingerprint density at radius 1 is 0.706 bits per heavy atom. The summed E-state index contributed by atoms with van der Waals surface area (Å²) in [6.07, 6.45) is 38.7. The molecule has 0 amide bonds. The summed E-state index contributed by atoms with van der Waals surface area (Å²) in [5, 5.41) is 3.69. The number of hydrogen-bond donors (Lipinski definition) is 1. The normalized spacial score (nSPS) is 25.5. The molecule has 0 saturated heterocycles. The molecule has 0 fully saturated rings. The number of ether oxygens (including phenoxy) is 1. The number of rotatable bonds is 6. The first-order valence-electron chi connectivity index (χ1n) is 19.0. The van der Waals surface area contributed by atoms with Crippen molar-refractivity contribution in [2.24, 2.45) is 0 Å². The molecule has 2 heteroatoms. The second-order valence-corrected chi connectivity index (χ2v) is 14.8. The van der Waals surface area contributed by atoms with Gasteiger partial charge in [0.25, 0.3) is 0 Å². The number of fused-ring (bicyclic) bond motifs is 6. The maximum Gasteiger partial charge on any atom is 0.134 e. The maximum absolute atomic E-state index is 7.26. The molecule has 1 heterocycles. The smallest absolute Gasteiger partial charge is 0.134 e. The Kier molecular flexibility index (Phi) is 7.45. The minimum Gasteiger partial charge on any atom is -0.484 e. The number of allylic oxidation sites excluding steroid dienone is 17. The lowest BCUT2D eigenvalue weighted by Gasteiger charge is -2.39. The van der Waals surface area contributed by atoms with Crippen molar-refractivity contribution >= 4 is 16.8 Å². The van der Waals surface area contributed by atoms with Crippen molar-refractivity contribution in [2.45, 2.75) is 68.8 Å². The van der Waals surface area contributed by atoms with E-state index in [4.69, 9.17) is 4.74 Å². The van der Waals surface area contributed by atoms with E-state index in [9.17, 15) is 0 Å². The van der Waals surface area contributed by atoms with E-state index in [0.29, 0.717) is 0 Å². The molecule has 51 heavy (non-hydrogen) atoms. The summed E-state index contributed by atoms with van der Waals surface area (Å²) in [6.45, 7) is 0. The van der Waals surface area contributed by atoms with Crippen LogP contribution in [0.4, 0.5) is 5.69 Å². The standard InChI is InChI=1S/C49H43NO/c1-4-13-33(14-5-1)34-23-27-38(28-24-34)50-39-29-25-35(26-30-39)40-20-12-21-41-42-31-32-45-46(48(42)51-47(40)41)43-19-10-11-22-44(43)49(45,36-15-6-2-7-16-36)37-17-8-3-9-18-37/h2-4,6-8,10,12-17,19-21,23-25,27-29,31-32,41,47,50H,1,5,9,11,18,22,26,30H2. The predicted octanol–water partition coefficient (Wildman–Crippen LogP) is 12.2. The first-order chi connectivity index (χ1) is 25.3. The molecule has 7 aliphatic rings. The summed E-state index contributed by atoms with van der Waals surface area (Å²) in [5.41, 5.74) is 17.3. The first kappa shape index (κ1) is 30.5. The number of anilines is 1. The van der Waals surface area contributed by atoms with Gasteiger partial charge < -0.3 is 10.1 Å². The van der Waals surface area contributed by atoms with Crippen LogP contribution in [0.2, 0.25) is 0 Å². The first-order valence-corrected chi connectivity index (χ1v) is 19.0. The van der Waals surface area contributed by atoms with Gasteiger partial charge in [-0.1, -0.05) is 133 Å². The second-order valence-electron chi connectivity index (χ2n) is 14.8. The molecule has 3 atom stereocenters. The van der Waals surface area contributed by atoms with Crippen LogP contribution in [0.1, 0.15) is 85.1 Å². The zero-order valence-corrected chi connectivity index (χ0v) is 29.1. The van der Waals surface area contributed by atoms with Crippen molar-refractivity contribution in [1.29, 1.82) is 0 Å². The third kappa shape index (κ3) is 4.91. The summed E-state index contributed by atoms with van der Waals surface area (Å²) in [5.74, 6) is 1.31. The molecule has 2 nitrogen and oxygen atoms in total. The van der Waals surface area contributed by atoms with Crippen molar-refractivity contribution in [2.75, 3.05) is 5.32 Å². The van der Waals surface area contributed by atoms with Crippen LogP contribution in [0.5, 0.6) is 5.75 Å². The van der Waals surface area contributed by atoms with Gasteiger partial charge in [-0.25, -0.2) is 0 Å². The Balaban J connectivity index is 0.975. The van der Waals surface area contributed by atoms with Gasteiger partial charge in [0.05, 0.1) is 5.41 Å². The van der Waals surface area contributed by atoms with Gasteiger partial charge in [-0.2, -0.15) is 0 Å². The van der Waals surface area contributed by atoms with Gasteiger partial charge in [0.1, 0.15) is 11.9 Å². The Bertz CT molecular complexity index is 2240. The van der Waals surface area contributed by atoms with E-state index in [-0.39, 0.29) is 17.4 Å². The highest BCUT2D eigenvalue weighted by Gasteiger charge is 2.51. The molecule has 0 aromatic heterocycles. The zero-order chi connectivity index (χ0) is 33.8. The lowest BCUT2D eigenvalue weighted by Crippen LogP contribution is -2.31. The van der Waals surface area contributed by atoms with Crippen LogP contribution in [0, 0.1) is 0 Å². The van der Waals surface area contributed by atoms with Crippen LogP contribution >= 0.6 is 0 Å². The third-order valence-electron chi connectivity index (χ3n) is 12.1. The van der Waals surface area contributed by atoms with E-state index in [1.807, 2.05) is 0 Å². The Hall–Kier alpha value is -5.34. The Labute approximate surface area is 302 Å². The quantitative estimate of drug-likeness (QED) is 0.284. The van der Waals surface area contributed by atoms with E-state index >= 15 is 0 Å². The third-order valence-corrected chi connectivity index (χ3v) is 12.1. The topological polar surface area (TPSA) is 21.3 Å². The summed E-state index contributed by atoms with van der Waals surface area (Å²) in [4.78, 5) is 0. The van der Waals surface area contributed by atoms with Gasteiger partial charge in [-0.05, 0) is 114 Å². The molecule has 0 spiro atoms. The van der Waals surface area contributed by atoms with E-state index in [2.05, 4.69) is 151 Å². The molecule has 3 aromatic carbocycles. The molecule has 0 radical (unpaired) electrons. The van der Waals surface area contributed by atoms with E-state index in [1.54, 1.807) is 5.57 Å². The summed E-state index contributed by atoms with van der Waals surface area (Å²) in [7, 11) is 0. The summed E-state index contributed by atoms with van der Waals surface area (Å²) >= 11 is 0. The number of benzene rings is 3. The van der Waals surface area contributed by atoms with Gasteiger partial charge >= 0.3 is 0 Å². The zero-order valence-electron chi connectivity index (χ0n) is 29.1. The van der Waals surface area contributed by atoms with Gasteiger partial charge in [0.15, 0.2) is 0 Å². The van der Waals surface area contributed by atoms with Crippen LogP contribution in [-0.2, 0) is 5.41 Å². The molecule has 0 bridgehead atoms. The van der Waals surface area contributed by atoms with Crippen molar-refractivity contribution in [3.63, 3.8) is 0 Å². The highest BCUT2D eigenvalue weighted by atomic mass is 16.5. The maximum atomic E-state index is 7.26. The molecule has 6 aliphatic carbocycles. The summed E-state index contributed by atoms with van der Waals surface area (Å²) < 4.78 is 7.26. The lowest BCUT2D eigenvalue weighted by atomic mass is 9.63. The molecule has 0 saturated carbocycles. The van der Waals surface area contributed by atoms with E-state index < -0.39 is 0 Å². The molecule has 10 rings (SSSR count). The van der Waals surface area contributed by atoms with Crippen LogP contribution in [0.3, 0.4) is 0 Å². The molecule has 3 unspecified atom stereocenters. The van der Waals surface area contributed by atoms with Crippen LogP contribution in [0.15, 0.2) is 174 Å². The highest BCUT2D eigenvalue weighted by molar-refractivity contribution is 5.94. The SMILES string of the molecule is C1=CCCC(C2(c3ccccc3)C3=C(C=CCC3)c3c2ccc2c3OC3C(C4=CC=C(Nc5ccc(C6=CCCC=C6)cc5)CC4)=CC=CC23)=C1. The van der Waals surface area contributed by atoms with Gasteiger partial charge in [-0.15, -0.1) is 0 Å². The lowest BCUT2D eigenvalue weighted by molar-refractivity contribution is 0.256. The largest absolute Gasteiger partial charge is 0.484 e. The fraction of sp³-hybridized carbons (Fsp3) is 0.224. The molecule has 1 aliphatic heterocycles. The van der Waals surface area contributed by atoms with Crippen molar-refractivity contribution in [3.8, 4) is 5.75 Å². The van der Waals surface area contributed by atoms with Crippen molar-refractivity contribution in [3.05, 3.63) is 202 Å². The van der Waals surface area contributed by atoms with Crippen molar-refractivity contribution < 1.29 is 4.74 Å². The Morgan fingerprint density at radius 2 is 1.59 bits per heavy atom. The Morgan fingerprint density at radius 3 is 2.39 bits per heavy atom. The fourth-order valence-electron chi connectivity index (χ4n) is 9.73. The molecule has 3 aromatic rings. The van der Waals surface area contributed by atoms with Crippen LogP contribution < -0.4 is 10.1 Å². The predicted molar refractivity (Wildman–Crippen MR) is 212 cm³/mol. The molecule has 250 valence electrons. The molecular weight excluding hydrogens is 619 g/mol. The van der Waals surface area contributed by atoms with Crippen molar-refractivity contribution in [1.82, 2.24) is 0 Å². The minimum absolute atomic E-state index is 0.0125. The van der Waals surface area contributed by atoms with Gasteiger partial charge in [-0.3, -0.25) is 0 Å². The number of hydrogen-bond acceptors (Lipinski definition) is 2. The van der Waals surface area contributed by atoms with Crippen LogP contribution in [0.25, 0.3) is 11.1 Å². The van der Waals surface area contributed by atoms with Crippen LogP contribution in [-0.4, -0.2) is 6.10 Å². The average Bonchev–Trinajstić information content (AvgIpc) is 3.74. The summed E-state index contributed by atoms with van der Waals surface area (Å²) in [6, 6.07) is 25.0. The van der Waals surface area contributed by atoms with E-state index in [0.717, 1.165) is 62.8 Å². The highest BCUT2D eigenvalue weighted by Crippen LogP contribution is 2.62. The fourth-order valence-corrected chi connectivity index (χ4v) is 9.73. The monoisotopic (exact) mass is 661 g/mol. The van der Waals surface area contributed by atoms with Gasteiger partial charge in [0, 0.05) is 28.4 Å². The van der Waals surface area contributed by atoms with E-state index in [1.165, 1.54) is 61.4 Å². The van der Waals surface area contributed by atoms with Gasteiger partial charge in [0.2, 0.25) is 0 Å². The molecular formula is C49H43NO.